The molecule has 0 aliphatic carbocycles. The largest absolute Gasteiger partial charge is 0.360 e. The SMILES string of the molecule is CCN(C)c1ccc(CN2CC(C)NC(C)C2)cn1. The lowest BCUT2D eigenvalue weighted by Gasteiger charge is -2.36. The van der Waals surface area contributed by atoms with Crippen molar-refractivity contribution in [2.24, 2.45) is 0 Å². The average Bonchev–Trinajstić information content (AvgIpc) is 2.37. The van der Waals surface area contributed by atoms with Crippen molar-refractivity contribution in [3.63, 3.8) is 0 Å². The molecule has 1 fully saturated rings. The van der Waals surface area contributed by atoms with Crippen molar-refractivity contribution < 1.29 is 0 Å². The second-order valence-corrected chi connectivity index (χ2v) is 5.70. The van der Waals surface area contributed by atoms with E-state index in [1.807, 2.05) is 6.20 Å². The summed E-state index contributed by atoms with van der Waals surface area (Å²) in [5.41, 5.74) is 1.30. The number of pyridine rings is 1. The number of aromatic nitrogens is 1. The lowest BCUT2D eigenvalue weighted by atomic mass is 10.1. The highest BCUT2D eigenvalue weighted by molar-refractivity contribution is 5.37. The molecular weight excluding hydrogens is 236 g/mol. The molecule has 1 aliphatic rings. The molecule has 2 rings (SSSR count). The van der Waals surface area contributed by atoms with E-state index in [9.17, 15) is 0 Å². The molecule has 0 aromatic carbocycles. The van der Waals surface area contributed by atoms with Gasteiger partial charge < -0.3 is 10.2 Å². The molecule has 4 heteroatoms. The van der Waals surface area contributed by atoms with Gasteiger partial charge in [0.1, 0.15) is 5.82 Å². The van der Waals surface area contributed by atoms with Gasteiger partial charge in [-0.3, -0.25) is 4.90 Å². The molecule has 1 aromatic rings. The molecule has 4 nitrogen and oxygen atoms in total. The van der Waals surface area contributed by atoms with Gasteiger partial charge in [0.2, 0.25) is 0 Å². The minimum atomic E-state index is 0.571. The van der Waals surface area contributed by atoms with Crippen LogP contribution >= 0.6 is 0 Å². The van der Waals surface area contributed by atoms with Crippen molar-refractivity contribution in [1.29, 1.82) is 0 Å². The quantitative estimate of drug-likeness (QED) is 0.895. The van der Waals surface area contributed by atoms with Crippen molar-refractivity contribution in [3.05, 3.63) is 23.9 Å². The van der Waals surface area contributed by atoms with Crippen LogP contribution in [0.4, 0.5) is 5.82 Å². The Bertz CT molecular complexity index is 380. The molecule has 0 saturated carbocycles. The van der Waals surface area contributed by atoms with Gasteiger partial charge >= 0.3 is 0 Å². The Labute approximate surface area is 116 Å². The van der Waals surface area contributed by atoms with E-state index in [0.29, 0.717) is 12.1 Å². The Hall–Kier alpha value is -1.13. The average molecular weight is 262 g/mol. The molecule has 1 aromatic heterocycles. The smallest absolute Gasteiger partial charge is 0.128 e. The van der Waals surface area contributed by atoms with E-state index < -0.39 is 0 Å². The maximum absolute atomic E-state index is 4.54. The maximum Gasteiger partial charge on any atom is 0.128 e. The number of hydrogen-bond donors (Lipinski definition) is 1. The van der Waals surface area contributed by atoms with Gasteiger partial charge in [-0.2, -0.15) is 0 Å². The molecule has 0 bridgehead atoms. The highest BCUT2D eigenvalue weighted by atomic mass is 15.2. The third-order valence-electron chi connectivity index (χ3n) is 3.71. The van der Waals surface area contributed by atoms with E-state index in [0.717, 1.165) is 32.0 Å². The standard InChI is InChI=1S/C15H26N4/c1-5-18(4)15-7-6-14(8-16-15)11-19-9-12(2)17-13(3)10-19/h6-8,12-13,17H,5,9-11H2,1-4H3. The zero-order valence-corrected chi connectivity index (χ0v) is 12.6. The summed E-state index contributed by atoms with van der Waals surface area (Å²) in [6, 6.07) is 5.46. The van der Waals surface area contributed by atoms with Crippen molar-refractivity contribution >= 4 is 5.82 Å². The van der Waals surface area contributed by atoms with Gasteiger partial charge in [-0.05, 0) is 32.4 Å². The van der Waals surface area contributed by atoms with Crippen LogP contribution in [0.2, 0.25) is 0 Å². The molecule has 1 saturated heterocycles. The summed E-state index contributed by atoms with van der Waals surface area (Å²) in [6.45, 7) is 10.8. The van der Waals surface area contributed by atoms with E-state index in [2.05, 4.69) is 60.1 Å². The molecule has 2 heterocycles. The molecule has 0 radical (unpaired) electrons. The monoisotopic (exact) mass is 262 g/mol. The Morgan fingerprint density at radius 2 is 2.00 bits per heavy atom. The second-order valence-electron chi connectivity index (χ2n) is 5.70. The third-order valence-corrected chi connectivity index (χ3v) is 3.71. The van der Waals surface area contributed by atoms with Crippen LogP contribution < -0.4 is 10.2 Å². The third kappa shape index (κ3) is 3.91. The predicted octanol–water partition coefficient (Wildman–Crippen LogP) is 1.72. The van der Waals surface area contributed by atoms with Crippen LogP contribution in [-0.2, 0) is 6.54 Å². The number of nitrogens with one attached hydrogen (secondary N) is 1. The molecule has 0 amide bonds. The number of rotatable bonds is 4. The lowest BCUT2D eigenvalue weighted by Crippen LogP contribution is -2.53. The molecule has 2 unspecified atom stereocenters. The molecule has 1 aliphatic heterocycles. The number of hydrogen-bond acceptors (Lipinski definition) is 4. The van der Waals surface area contributed by atoms with Crippen LogP contribution in [0.5, 0.6) is 0 Å². The minimum absolute atomic E-state index is 0.571. The first-order valence-corrected chi connectivity index (χ1v) is 7.23. The van der Waals surface area contributed by atoms with Gasteiger partial charge in [0.05, 0.1) is 0 Å². The number of piperazine rings is 1. The summed E-state index contributed by atoms with van der Waals surface area (Å²) >= 11 is 0. The van der Waals surface area contributed by atoms with Crippen molar-refractivity contribution in [2.75, 3.05) is 31.6 Å². The molecule has 106 valence electrons. The topological polar surface area (TPSA) is 31.4 Å². The van der Waals surface area contributed by atoms with E-state index in [4.69, 9.17) is 0 Å². The van der Waals surface area contributed by atoms with Crippen molar-refractivity contribution in [2.45, 2.75) is 39.4 Å². The zero-order chi connectivity index (χ0) is 13.8. The van der Waals surface area contributed by atoms with Crippen LogP contribution in [0.1, 0.15) is 26.3 Å². The van der Waals surface area contributed by atoms with Gasteiger partial charge in [-0.25, -0.2) is 4.98 Å². The minimum Gasteiger partial charge on any atom is -0.360 e. The van der Waals surface area contributed by atoms with E-state index >= 15 is 0 Å². The zero-order valence-electron chi connectivity index (χ0n) is 12.6. The lowest BCUT2D eigenvalue weighted by molar-refractivity contribution is 0.166. The van der Waals surface area contributed by atoms with Gasteiger partial charge in [0.15, 0.2) is 0 Å². The summed E-state index contributed by atoms with van der Waals surface area (Å²) in [4.78, 5) is 9.19. The Balaban J connectivity index is 1.95. The fourth-order valence-corrected chi connectivity index (χ4v) is 2.73. The molecule has 19 heavy (non-hydrogen) atoms. The van der Waals surface area contributed by atoms with Gasteiger partial charge in [0, 0.05) is 51.5 Å². The van der Waals surface area contributed by atoms with Crippen LogP contribution in [0.3, 0.4) is 0 Å². The molecule has 1 N–H and O–H groups in total. The Kier molecular flexibility index (Phi) is 4.77. The maximum atomic E-state index is 4.54. The fraction of sp³-hybridized carbons (Fsp3) is 0.667. The first-order valence-electron chi connectivity index (χ1n) is 7.23. The number of nitrogens with zero attached hydrogens (tertiary/aromatic N) is 3. The molecule has 2 atom stereocenters. The summed E-state index contributed by atoms with van der Waals surface area (Å²) in [5.74, 6) is 1.05. The van der Waals surface area contributed by atoms with Crippen LogP contribution in [0.25, 0.3) is 0 Å². The van der Waals surface area contributed by atoms with Gasteiger partial charge in [-0.1, -0.05) is 6.07 Å². The fourth-order valence-electron chi connectivity index (χ4n) is 2.73. The van der Waals surface area contributed by atoms with Crippen LogP contribution in [0.15, 0.2) is 18.3 Å². The van der Waals surface area contributed by atoms with Gasteiger partial charge in [0.25, 0.3) is 0 Å². The number of anilines is 1. The van der Waals surface area contributed by atoms with Gasteiger partial charge in [-0.15, -0.1) is 0 Å². The second kappa shape index (κ2) is 6.35. The van der Waals surface area contributed by atoms with Crippen molar-refractivity contribution in [3.8, 4) is 0 Å². The Morgan fingerprint density at radius 3 is 2.53 bits per heavy atom. The van der Waals surface area contributed by atoms with Crippen LogP contribution in [-0.4, -0.2) is 48.6 Å². The highest BCUT2D eigenvalue weighted by Gasteiger charge is 2.20. The summed E-state index contributed by atoms with van der Waals surface area (Å²) in [5, 5.41) is 3.56. The summed E-state index contributed by atoms with van der Waals surface area (Å²) < 4.78 is 0. The van der Waals surface area contributed by atoms with E-state index in [1.165, 1.54) is 5.56 Å². The van der Waals surface area contributed by atoms with Crippen LogP contribution in [0, 0.1) is 0 Å². The first kappa shape index (κ1) is 14.3. The summed E-state index contributed by atoms with van der Waals surface area (Å²) in [6.07, 6.45) is 2.01. The Morgan fingerprint density at radius 1 is 1.32 bits per heavy atom. The predicted molar refractivity (Wildman–Crippen MR) is 80.5 cm³/mol. The molecular formula is C15H26N4. The summed E-state index contributed by atoms with van der Waals surface area (Å²) in [7, 11) is 2.07. The van der Waals surface area contributed by atoms with E-state index in [-0.39, 0.29) is 0 Å². The van der Waals surface area contributed by atoms with Crippen molar-refractivity contribution in [1.82, 2.24) is 15.2 Å². The normalized spacial score (nSPS) is 24.4. The first-order chi connectivity index (χ1) is 9.08. The molecule has 0 spiro atoms. The van der Waals surface area contributed by atoms with E-state index in [1.54, 1.807) is 0 Å². The highest BCUT2D eigenvalue weighted by Crippen LogP contribution is 2.13.